The van der Waals surface area contributed by atoms with Crippen molar-refractivity contribution in [2.24, 2.45) is 0 Å². The maximum atomic E-state index is 12.5. The Morgan fingerprint density at radius 2 is 1.92 bits per heavy atom. The minimum Gasteiger partial charge on any atom is -0.456 e. The van der Waals surface area contributed by atoms with Crippen LogP contribution < -0.4 is 10.2 Å². The first-order chi connectivity index (χ1) is 12.6. The van der Waals surface area contributed by atoms with E-state index < -0.39 is 0 Å². The van der Waals surface area contributed by atoms with Crippen molar-refractivity contribution in [3.8, 4) is 0 Å². The molecule has 130 valence electrons. The molecule has 1 N–H and O–H groups in total. The number of ether oxygens (including phenoxy) is 1. The van der Waals surface area contributed by atoms with Gasteiger partial charge in [0.05, 0.1) is 28.3 Å². The van der Waals surface area contributed by atoms with Crippen LogP contribution in [0.3, 0.4) is 0 Å². The Morgan fingerprint density at radius 1 is 1.15 bits per heavy atom. The van der Waals surface area contributed by atoms with Crippen LogP contribution in [0.25, 0.3) is 11.0 Å². The van der Waals surface area contributed by atoms with Crippen molar-refractivity contribution in [2.45, 2.75) is 6.04 Å². The number of carbonyl (C=O) groups excluding carboxylic acids is 1. The van der Waals surface area contributed by atoms with E-state index >= 15 is 0 Å². The Morgan fingerprint density at radius 3 is 2.69 bits per heavy atom. The van der Waals surface area contributed by atoms with E-state index in [1.54, 1.807) is 0 Å². The van der Waals surface area contributed by atoms with Gasteiger partial charge in [-0.05, 0) is 29.8 Å². The Bertz CT molecular complexity index is 1060. The van der Waals surface area contributed by atoms with Crippen LogP contribution in [0.4, 0.5) is 11.6 Å². The number of rotatable bonds is 2. The second-order valence-electron chi connectivity index (χ2n) is 6.78. The molecular weight excluding hydrogens is 328 g/mol. The highest BCUT2D eigenvalue weighted by Gasteiger charge is 2.39. The second kappa shape index (κ2) is 5.36. The van der Waals surface area contributed by atoms with Crippen LogP contribution in [0.2, 0.25) is 0 Å². The van der Waals surface area contributed by atoms with Crippen LogP contribution in [0.1, 0.15) is 11.6 Å². The predicted octanol–water partition coefficient (Wildman–Crippen LogP) is 2.93. The predicted molar refractivity (Wildman–Crippen MR) is 100 cm³/mol. The van der Waals surface area contributed by atoms with E-state index in [2.05, 4.69) is 39.0 Å². The van der Waals surface area contributed by atoms with Crippen molar-refractivity contribution in [1.82, 2.24) is 9.55 Å². The molecule has 0 spiro atoms. The molecule has 0 saturated carbocycles. The molecule has 26 heavy (non-hydrogen) atoms. The van der Waals surface area contributed by atoms with Gasteiger partial charge in [-0.25, -0.2) is 9.78 Å². The Kier molecular flexibility index (Phi) is 3.09. The van der Waals surface area contributed by atoms with E-state index in [-0.39, 0.29) is 18.6 Å². The van der Waals surface area contributed by atoms with E-state index in [0.29, 0.717) is 5.57 Å². The lowest BCUT2D eigenvalue weighted by Crippen LogP contribution is -2.25. The third-order valence-electron chi connectivity index (χ3n) is 5.01. The molecule has 0 radical (unpaired) electrons. The third kappa shape index (κ3) is 2.05. The number of nitrogens with zero attached hydrogens (tertiary/aromatic N) is 3. The van der Waals surface area contributed by atoms with Gasteiger partial charge in [-0.1, -0.05) is 24.3 Å². The number of benzene rings is 2. The number of fused-ring (bicyclic) bond motifs is 3. The Hall–Kier alpha value is -3.28. The zero-order chi connectivity index (χ0) is 17.8. The van der Waals surface area contributed by atoms with Gasteiger partial charge in [0.25, 0.3) is 0 Å². The summed E-state index contributed by atoms with van der Waals surface area (Å²) in [6, 6.07) is 16.0. The normalized spacial score (nSPS) is 18.4. The highest BCUT2D eigenvalue weighted by molar-refractivity contribution is 5.96. The maximum Gasteiger partial charge on any atom is 0.338 e. The van der Waals surface area contributed by atoms with Crippen molar-refractivity contribution >= 4 is 28.6 Å². The highest BCUT2D eigenvalue weighted by atomic mass is 16.5. The van der Waals surface area contributed by atoms with Crippen LogP contribution in [0, 0.1) is 0 Å². The number of para-hydroxylation sites is 2. The topological polar surface area (TPSA) is 59.4 Å². The smallest absolute Gasteiger partial charge is 0.338 e. The second-order valence-corrected chi connectivity index (χ2v) is 6.78. The van der Waals surface area contributed by atoms with E-state index in [9.17, 15) is 4.79 Å². The summed E-state index contributed by atoms with van der Waals surface area (Å²) >= 11 is 0. The summed E-state index contributed by atoms with van der Waals surface area (Å²) in [5.41, 5.74) is 5.51. The number of aromatic nitrogens is 2. The summed E-state index contributed by atoms with van der Waals surface area (Å²) in [6.07, 6.45) is 0. The van der Waals surface area contributed by atoms with Gasteiger partial charge in [0.2, 0.25) is 5.95 Å². The summed E-state index contributed by atoms with van der Waals surface area (Å²) < 4.78 is 7.39. The fourth-order valence-corrected chi connectivity index (χ4v) is 3.73. The standard InChI is InChI=1S/C20H18N4O2/c1-23(2)13-9-7-12(8-10-13)18-17-15(11-26-19(17)25)22-20-21-14-5-3-4-6-16(14)24(18)20/h3-10,18H,11H2,1-2H3,(H,21,22). The van der Waals surface area contributed by atoms with Crippen molar-refractivity contribution in [3.05, 3.63) is 65.4 Å². The van der Waals surface area contributed by atoms with Gasteiger partial charge >= 0.3 is 5.97 Å². The van der Waals surface area contributed by atoms with Crippen LogP contribution in [-0.2, 0) is 9.53 Å². The highest BCUT2D eigenvalue weighted by Crippen LogP contribution is 2.41. The molecule has 0 bridgehead atoms. The molecule has 0 fully saturated rings. The number of esters is 1. The lowest BCUT2D eigenvalue weighted by Gasteiger charge is -2.27. The molecule has 0 saturated heterocycles. The van der Waals surface area contributed by atoms with Crippen LogP contribution in [0.5, 0.6) is 0 Å². The number of carbonyl (C=O) groups is 1. The van der Waals surface area contributed by atoms with Gasteiger partial charge in [0.1, 0.15) is 6.61 Å². The number of cyclic esters (lactones) is 1. The van der Waals surface area contributed by atoms with E-state index in [4.69, 9.17) is 9.72 Å². The van der Waals surface area contributed by atoms with Crippen molar-refractivity contribution in [3.63, 3.8) is 0 Å². The molecule has 1 atom stereocenters. The summed E-state index contributed by atoms with van der Waals surface area (Å²) in [5.74, 6) is 0.475. The van der Waals surface area contributed by atoms with E-state index in [1.165, 1.54) is 0 Å². The van der Waals surface area contributed by atoms with Crippen molar-refractivity contribution < 1.29 is 9.53 Å². The fourth-order valence-electron chi connectivity index (χ4n) is 3.73. The largest absolute Gasteiger partial charge is 0.456 e. The number of nitrogens with one attached hydrogen (secondary N) is 1. The fraction of sp³-hybridized carbons (Fsp3) is 0.200. The molecule has 2 aliphatic heterocycles. The molecule has 0 amide bonds. The molecule has 3 aromatic rings. The van der Waals surface area contributed by atoms with Crippen LogP contribution in [0.15, 0.2) is 59.8 Å². The Labute approximate surface area is 150 Å². The number of hydrogen-bond acceptors (Lipinski definition) is 5. The SMILES string of the molecule is CN(C)c1ccc(C2C3=C(COC3=O)Nc3nc4ccccc4n32)cc1. The lowest BCUT2D eigenvalue weighted by atomic mass is 9.95. The van der Waals surface area contributed by atoms with Gasteiger partial charge in [-0.15, -0.1) is 0 Å². The van der Waals surface area contributed by atoms with Gasteiger partial charge in [-0.3, -0.25) is 4.57 Å². The molecule has 2 aromatic carbocycles. The minimum atomic E-state index is -0.266. The summed E-state index contributed by atoms with van der Waals surface area (Å²) in [5, 5.41) is 3.29. The molecule has 5 rings (SSSR count). The van der Waals surface area contributed by atoms with Crippen molar-refractivity contribution in [2.75, 3.05) is 30.9 Å². The van der Waals surface area contributed by atoms with E-state index in [0.717, 1.165) is 33.9 Å². The average molecular weight is 346 g/mol. The number of hydrogen-bond donors (Lipinski definition) is 1. The maximum absolute atomic E-state index is 12.5. The third-order valence-corrected chi connectivity index (χ3v) is 5.01. The number of imidazole rings is 1. The monoisotopic (exact) mass is 346 g/mol. The molecule has 6 nitrogen and oxygen atoms in total. The summed E-state index contributed by atoms with van der Waals surface area (Å²) in [4.78, 5) is 19.2. The average Bonchev–Trinajstić information content (AvgIpc) is 3.20. The Balaban J connectivity index is 1.74. The molecule has 2 aliphatic rings. The minimum absolute atomic E-state index is 0.250. The van der Waals surface area contributed by atoms with Crippen LogP contribution in [-0.4, -0.2) is 36.2 Å². The molecule has 1 unspecified atom stereocenters. The first-order valence-corrected chi connectivity index (χ1v) is 8.55. The quantitative estimate of drug-likeness (QED) is 0.723. The molecule has 6 heteroatoms. The van der Waals surface area contributed by atoms with Gasteiger partial charge in [-0.2, -0.15) is 0 Å². The zero-order valence-electron chi connectivity index (χ0n) is 14.6. The van der Waals surface area contributed by atoms with Crippen LogP contribution >= 0.6 is 0 Å². The van der Waals surface area contributed by atoms with Gasteiger partial charge in [0, 0.05) is 19.8 Å². The first-order valence-electron chi connectivity index (χ1n) is 8.55. The summed E-state index contributed by atoms with van der Waals surface area (Å²) in [7, 11) is 4.02. The molecule has 0 aliphatic carbocycles. The van der Waals surface area contributed by atoms with E-state index in [1.807, 2.05) is 38.4 Å². The molecular formula is C20H18N4O2. The summed E-state index contributed by atoms with van der Waals surface area (Å²) in [6.45, 7) is 0.268. The zero-order valence-corrected chi connectivity index (χ0v) is 14.6. The molecule has 1 aromatic heterocycles. The van der Waals surface area contributed by atoms with Gasteiger partial charge < -0.3 is 15.0 Å². The lowest BCUT2D eigenvalue weighted by molar-refractivity contribution is -0.136. The first kappa shape index (κ1) is 15.0. The molecule has 3 heterocycles. The van der Waals surface area contributed by atoms with Crippen molar-refractivity contribution in [1.29, 1.82) is 0 Å². The number of anilines is 2. The van der Waals surface area contributed by atoms with Gasteiger partial charge in [0.15, 0.2) is 0 Å².